The van der Waals surface area contributed by atoms with E-state index < -0.39 is 0 Å². The molecule has 38 heavy (non-hydrogen) atoms. The van der Waals surface area contributed by atoms with Crippen molar-refractivity contribution in [3.63, 3.8) is 0 Å². The average molecular weight is 523 g/mol. The molecule has 0 saturated carbocycles. The van der Waals surface area contributed by atoms with E-state index in [9.17, 15) is 0 Å². The van der Waals surface area contributed by atoms with Crippen LogP contribution >= 0.6 is 11.3 Å². The Balaban J connectivity index is 1.81. The zero-order valence-corrected chi connectivity index (χ0v) is 26.6. The summed E-state index contributed by atoms with van der Waals surface area (Å²) in [6, 6.07) is 12.0. The van der Waals surface area contributed by atoms with Gasteiger partial charge < -0.3 is 0 Å². The zero-order chi connectivity index (χ0) is 28.0. The van der Waals surface area contributed by atoms with Gasteiger partial charge in [-0.15, -0.1) is 11.3 Å². The van der Waals surface area contributed by atoms with Crippen molar-refractivity contribution in [3.8, 4) is 21.6 Å². The normalized spacial score (nSPS) is 16.3. The Labute approximate surface area is 235 Å². The summed E-state index contributed by atoms with van der Waals surface area (Å²) >= 11 is 2.01. The van der Waals surface area contributed by atoms with Gasteiger partial charge in [0.15, 0.2) is 0 Å². The molecule has 0 saturated heterocycles. The predicted octanol–water partition coefficient (Wildman–Crippen LogP) is 11.5. The van der Waals surface area contributed by atoms with Crippen molar-refractivity contribution >= 4 is 23.0 Å². The van der Waals surface area contributed by atoms with Gasteiger partial charge in [-0.3, -0.25) is 0 Å². The van der Waals surface area contributed by atoms with Crippen LogP contribution in [0.25, 0.3) is 33.2 Å². The molecular weight excluding hydrogens is 476 g/mol. The van der Waals surface area contributed by atoms with Gasteiger partial charge in [-0.05, 0) is 79.2 Å². The Hall–Kier alpha value is -2.38. The molecule has 0 atom stereocenters. The first-order valence-corrected chi connectivity index (χ1v) is 15.1. The molecule has 0 radical (unpaired) electrons. The van der Waals surface area contributed by atoms with Gasteiger partial charge in [-0.1, -0.05) is 125 Å². The quantitative estimate of drug-likeness (QED) is 0.298. The van der Waals surface area contributed by atoms with Gasteiger partial charge in [0.2, 0.25) is 0 Å². The number of hydrogen-bond donors (Lipinski definition) is 0. The standard InChI is InChI=1S/C37H46S/c1-34(2,3)22-13-16-24-25(17-14-22)29(36(7,8)9)20-27(24)33-28-21-30(37(10,11)12)26-18-15-23(35(4,5)6)19-31(38-33)32(26)28/h13-20H,21H2,1-12H3. The van der Waals surface area contributed by atoms with E-state index in [0.717, 1.165) is 6.42 Å². The van der Waals surface area contributed by atoms with Crippen molar-refractivity contribution in [2.45, 2.75) is 100 Å². The van der Waals surface area contributed by atoms with E-state index in [4.69, 9.17) is 0 Å². The van der Waals surface area contributed by atoms with Crippen LogP contribution in [0.4, 0.5) is 0 Å². The molecule has 0 spiro atoms. The second kappa shape index (κ2) is 8.56. The molecule has 0 nitrogen and oxygen atoms in total. The van der Waals surface area contributed by atoms with Crippen molar-refractivity contribution in [1.82, 2.24) is 0 Å². The molecule has 0 N–H and O–H groups in total. The van der Waals surface area contributed by atoms with Crippen LogP contribution in [0.2, 0.25) is 0 Å². The molecule has 0 fully saturated rings. The van der Waals surface area contributed by atoms with Crippen molar-refractivity contribution < 1.29 is 0 Å². The molecule has 4 aliphatic rings. The third kappa shape index (κ3) is 4.56. The number of hydrogen-bond acceptors (Lipinski definition) is 1. The summed E-state index contributed by atoms with van der Waals surface area (Å²) < 4.78 is 0. The van der Waals surface area contributed by atoms with Crippen LogP contribution in [-0.4, -0.2) is 0 Å². The zero-order valence-electron chi connectivity index (χ0n) is 25.7. The highest BCUT2D eigenvalue weighted by molar-refractivity contribution is 7.17. The van der Waals surface area contributed by atoms with Gasteiger partial charge in [0.1, 0.15) is 0 Å². The molecule has 0 bridgehead atoms. The van der Waals surface area contributed by atoms with Crippen molar-refractivity contribution in [2.24, 2.45) is 10.8 Å². The van der Waals surface area contributed by atoms with Crippen LogP contribution in [0.15, 0.2) is 53.6 Å². The number of allylic oxidation sites excluding steroid dienone is 5. The average Bonchev–Trinajstić information content (AvgIpc) is 3.29. The second-order valence-corrected chi connectivity index (χ2v) is 16.6. The molecular formula is C37H46S. The Morgan fingerprint density at radius 1 is 0.632 bits per heavy atom. The first-order chi connectivity index (χ1) is 17.4. The SMILES string of the molecule is CC(C)(C)C1=Cc2sc(-c3cc(C(C)(C)C)c4ccc(C(C)(C)C)ccc3-4)c3c2C(=C(C(C)(C)C)C3)C=C1. The number of fused-ring (bicyclic) bond motifs is 1. The minimum absolute atomic E-state index is 0.0729. The second-order valence-electron chi connectivity index (χ2n) is 15.6. The highest BCUT2D eigenvalue weighted by atomic mass is 32.1. The molecule has 1 aromatic rings. The summed E-state index contributed by atoms with van der Waals surface area (Å²) in [6.45, 7) is 28.1. The summed E-state index contributed by atoms with van der Waals surface area (Å²) in [4.78, 5) is 2.90. The molecule has 200 valence electrons. The van der Waals surface area contributed by atoms with E-state index in [1.165, 1.54) is 59.8 Å². The molecule has 0 aromatic carbocycles. The van der Waals surface area contributed by atoms with Crippen LogP contribution < -0.4 is 0 Å². The van der Waals surface area contributed by atoms with Gasteiger partial charge in [0.05, 0.1) is 0 Å². The molecule has 0 aliphatic heterocycles. The first kappa shape index (κ1) is 27.2. The lowest BCUT2D eigenvalue weighted by molar-refractivity contribution is 0.497. The summed E-state index contributed by atoms with van der Waals surface area (Å²) in [6.07, 6.45) is 8.34. The summed E-state index contributed by atoms with van der Waals surface area (Å²) in [7, 11) is 0. The van der Waals surface area contributed by atoms with E-state index in [0.29, 0.717) is 0 Å². The Morgan fingerprint density at radius 3 is 1.82 bits per heavy atom. The monoisotopic (exact) mass is 522 g/mol. The van der Waals surface area contributed by atoms with E-state index >= 15 is 0 Å². The van der Waals surface area contributed by atoms with Crippen molar-refractivity contribution in [3.05, 3.63) is 80.8 Å². The molecule has 1 heterocycles. The Morgan fingerprint density at radius 2 is 1.26 bits per heavy atom. The summed E-state index contributed by atoms with van der Waals surface area (Å²) in [5.41, 5.74) is 14.9. The Kier molecular flexibility index (Phi) is 6.13. The largest absolute Gasteiger partial charge is 0.135 e. The molecule has 5 rings (SSSR count). The van der Waals surface area contributed by atoms with E-state index in [1.807, 2.05) is 11.3 Å². The maximum Gasteiger partial charge on any atom is 0.0397 e. The van der Waals surface area contributed by atoms with Crippen LogP contribution in [-0.2, 0) is 17.3 Å². The fraction of sp³-hybridized carbons (Fsp3) is 0.459. The number of rotatable bonds is 1. The maximum atomic E-state index is 2.52. The topological polar surface area (TPSA) is 0 Å². The van der Waals surface area contributed by atoms with Gasteiger partial charge in [0.25, 0.3) is 0 Å². The fourth-order valence-electron chi connectivity index (χ4n) is 6.03. The van der Waals surface area contributed by atoms with Crippen LogP contribution in [0, 0.1) is 10.8 Å². The fourth-order valence-corrected chi connectivity index (χ4v) is 7.35. The first-order valence-electron chi connectivity index (χ1n) is 14.3. The molecule has 0 amide bonds. The van der Waals surface area contributed by atoms with E-state index in [-0.39, 0.29) is 21.7 Å². The lowest BCUT2D eigenvalue weighted by Gasteiger charge is -2.22. The minimum atomic E-state index is 0.0729. The van der Waals surface area contributed by atoms with Gasteiger partial charge in [-0.25, -0.2) is 0 Å². The summed E-state index contributed by atoms with van der Waals surface area (Å²) in [5.74, 6) is 0. The Bertz CT molecular complexity index is 1480. The molecule has 1 heteroatoms. The third-order valence-corrected chi connectivity index (χ3v) is 9.62. The predicted molar refractivity (Wildman–Crippen MR) is 170 cm³/mol. The third-order valence-electron chi connectivity index (χ3n) is 8.41. The van der Waals surface area contributed by atoms with Crippen molar-refractivity contribution in [2.75, 3.05) is 0 Å². The van der Waals surface area contributed by atoms with Crippen LogP contribution in [0.5, 0.6) is 0 Å². The van der Waals surface area contributed by atoms with Crippen LogP contribution in [0.3, 0.4) is 0 Å². The van der Waals surface area contributed by atoms with Gasteiger partial charge in [0, 0.05) is 20.9 Å². The van der Waals surface area contributed by atoms with Gasteiger partial charge in [-0.2, -0.15) is 0 Å². The smallest absolute Gasteiger partial charge is 0.0397 e. The number of thiophene rings is 1. The molecule has 0 unspecified atom stereocenters. The molecule has 4 aliphatic carbocycles. The summed E-state index contributed by atoms with van der Waals surface area (Å²) in [5, 5.41) is 0. The lowest BCUT2D eigenvalue weighted by Crippen LogP contribution is -2.10. The minimum Gasteiger partial charge on any atom is -0.135 e. The van der Waals surface area contributed by atoms with Crippen molar-refractivity contribution in [1.29, 1.82) is 0 Å². The van der Waals surface area contributed by atoms with Gasteiger partial charge >= 0.3 is 0 Å². The van der Waals surface area contributed by atoms with E-state index in [1.54, 1.807) is 5.57 Å². The lowest BCUT2D eigenvalue weighted by atomic mass is 9.82. The maximum absolute atomic E-state index is 2.52. The highest BCUT2D eigenvalue weighted by Gasteiger charge is 2.36. The van der Waals surface area contributed by atoms with Crippen LogP contribution in [0.1, 0.15) is 110 Å². The van der Waals surface area contributed by atoms with E-state index in [2.05, 4.69) is 132 Å². The molecule has 1 aromatic heterocycles. The highest BCUT2D eigenvalue weighted by Crippen LogP contribution is 2.55.